The van der Waals surface area contributed by atoms with Crippen molar-refractivity contribution in [3.05, 3.63) is 89.6 Å². The first-order valence-electron chi connectivity index (χ1n) is 11.7. The van der Waals surface area contributed by atoms with E-state index in [9.17, 15) is 9.59 Å². The fourth-order valence-electron chi connectivity index (χ4n) is 4.06. The molecule has 1 aromatic heterocycles. The Morgan fingerprint density at radius 2 is 1.79 bits per heavy atom. The van der Waals surface area contributed by atoms with Crippen LogP contribution in [0, 0.1) is 0 Å². The van der Waals surface area contributed by atoms with Gasteiger partial charge in [-0.25, -0.2) is 9.78 Å². The van der Waals surface area contributed by atoms with Gasteiger partial charge in [0.15, 0.2) is 0 Å². The lowest BCUT2D eigenvalue weighted by atomic mass is 10.1. The van der Waals surface area contributed by atoms with Crippen LogP contribution < -0.4 is 10.2 Å². The van der Waals surface area contributed by atoms with Crippen LogP contribution in [0.3, 0.4) is 0 Å². The van der Waals surface area contributed by atoms with Gasteiger partial charge in [-0.3, -0.25) is 9.69 Å². The number of carbonyl (C=O) groups excluding carboxylic acids is 2. The Labute approximate surface area is 200 Å². The third-order valence-corrected chi connectivity index (χ3v) is 5.80. The van der Waals surface area contributed by atoms with Crippen molar-refractivity contribution < 1.29 is 14.3 Å². The maximum atomic E-state index is 12.6. The highest BCUT2D eigenvalue weighted by Crippen LogP contribution is 2.17. The van der Waals surface area contributed by atoms with Gasteiger partial charge in [-0.1, -0.05) is 30.3 Å². The minimum Gasteiger partial charge on any atom is -0.462 e. The van der Waals surface area contributed by atoms with Gasteiger partial charge < -0.3 is 15.0 Å². The Kier molecular flexibility index (Phi) is 7.88. The van der Waals surface area contributed by atoms with E-state index in [1.807, 2.05) is 54.6 Å². The van der Waals surface area contributed by atoms with E-state index in [-0.39, 0.29) is 11.9 Å². The summed E-state index contributed by atoms with van der Waals surface area (Å²) in [4.78, 5) is 33.6. The van der Waals surface area contributed by atoms with Crippen LogP contribution in [0.1, 0.15) is 39.6 Å². The van der Waals surface area contributed by atoms with E-state index in [1.54, 1.807) is 19.2 Å². The molecule has 1 aliphatic heterocycles. The van der Waals surface area contributed by atoms with E-state index < -0.39 is 0 Å². The molecule has 0 aliphatic carbocycles. The van der Waals surface area contributed by atoms with Crippen LogP contribution in [0.5, 0.6) is 0 Å². The zero-order valence-corrected chi connectivity index (χ0v) is 19.4. The predicted molar refractivity (Wildman–Crippen MR) is 133 cm³/mol. The average molecular weight is 459 g/mol. The number of nitrogens with one attached hydrogen (secondary N) is 1. The van der Waals surface area contributed by atoms with Crippen molar-refractivity contribution in [3.63, 3.8) is 0 Å². The lowest BCUT2D eigenvalue weighted by Gasteiger charge is -2.23. The number of hydrogen-bond donors (Lipinski definition) is 1. The summed E-state index contributed by atoms with van der Waals surface area (Å²) in [6.07, 6.45) is 2.59. The Bertz CT molecular complexity index is 1100. The molecule has 4 rings (SSSR count). The maximum absolute atomic E-state index is 12.6. The molecule has 2 heterocycles. The Morgan fingerprint density at radius 3 is 2.56 bits per heavy atom. The van der Waals surface area contributed by atoms with Gasteiger partial charge in [-0.05, 0) is 55.3 Å². The van der Waals surface area contributed by atoms with Crippen molar-refractivity contribution in [1.82, 2.24) is 9.88 Å². The number of rotatable bonds is 7. The van der Waals surface area contributed by atoms with Crippen molar-refractivity contribution in [3.8, 4) is 0 Å². The molecule has 0 radical (unpaired) electrons. The van der Waals surface area contributed by atoms with E-state index in [1.165, 1.54) is 0 Å². The number of esters is 1. The fraction of sp³-hybridized carbons (Fsp3) is 0.296. The number of aromatic nitrogens is 1. The second-order valence-electron chi connectivity index (χ2n) is 8.26. The molecule has 0 atom stereocenters. The molecule has 176 valence electrons. The summed E-state index contributed by atoms with van der Waals surface area (Å²) in [6, 6.07) is 21.0. The molecule has 1 N–H and O–H groups in total. The highest BCUT2D eigenvalue weighted by Gasteiger charge is 2.17. The van der Waals surface area contributed by atoms with E-state index in [4.69, 9.17) is 4.74 Å². The first kappa shape index (κ1) is 23.4. The highest BCUT2D eigenvalue weighted by molar-refractivity contribution is 6.04. The predicted octanol–water partition coefficient (Wildman–Crippen LogP) is 4.22. The molecule has 0 bridgehead atoms. The number of benzene rings is 2. The summed E-state index contributed by atoms with van der Waals surface area (Å²) < 4.78 is 5.03. The third-order valence-electron chi connectivity index (χ3n) is 5.80. The molecular weight excluding hydrogens is 428 g/mol. The number of carbonyl (C=O) groups is 2. The number of anilines is 2. The molecule has 34 heavy (non-hydrogen) atoms. The van der Waals surface area contributed by atoms with Crippen LogP contribution in [0.4, 0.5) is 11.5 Å². The first-order chi connectivity index (χ1) is 16.6. The van der Waals surface area contributed by atoms with Gasteiger partial charge in [0.2, 0.25) is 0 Å². The van der Waals surface area contributed by atoms with Crippen LogP contribution in [-0.4, -0.2) is 54.5 Å². The van der Waals surface area contributed by atoms with E-state index in [0.717, 1.165) is 56.2 Å². The standard InChI is InChI=1S/C27H30N4O3/c1-2-34-27(33)23-12-13-25(28-19-23)31-15-7-14-30(16-17-31)20-21-8-6-9-22(18-21)26(32)29-24-10-4-3-5-11-24/h3-6,8-13,18-19H,2,7,14-17,20H2,1H3,(H,29,32). The van der Waals surface area contributed by atoms with Gasteiger partial charge in [0.25, 0.3) is 5.91 Å². The lowest BCUT2D eigenvalue weighted by molar-refractivity contribution is 0.0525. The second kappa shape index (κ2) is 11.4. The number of hydrogen-bond acceptors (Lipinski definition) is 6. The number of amides is 1. The molecule has 0 unspecified atom stereocenters. The van der Waals surface area contributed by atoms with Gasteiger partial charge in [-0.2, -0.15) is 0 Å². The molecule has 1 saturated heterocycles. The van der Waals surface area contributed by atoms with E-state index in [0.29, 0.717) is 17.7 Å². The van der Waals surface area contributed by atoms with Crippen LogP contribution in [0.2, 0.25) is 0 Å². The van der Waals surface area contributed by atoms with Crippen molar-refractivity contribution in [2.45, 2.75) is 19.9 Å². The van der Waals surface area contributed by atoms with Crippen molar-refractivity contribution in [2.24, 2.45) is 0 Å². The van der Waals surface area contributed by atoms with Crippen LogP contribution in [0.25, 0.3) is 0 Å². The second-order valence-corrected chi connectivity index (χ2v) is 8.26. The van der Waals surface area contributed by atoms with Crippen molar-refractivity contribution in [1.29, 1.82) is 0 Å². The zero-order chi connectivity index (χ0) is 23.8. The smallest absolute Gasteiger partial charge is 0.339 e. The maximum Gasteiger partial charge on any atom is 0.339 e. The number of para-hydroxylation sites is 1. The summed E-state index contributed by atoms with van der Waals surface area (Å²) in [5.41, 5.74) is 3.03. The summed E-state index contributed by atoms with van der Waals surface area (Å²) in [5.74, 6) is 0.421. The Morgan fingerprint density at radius 1 is 0.941 bits per heavy atom. The van der Waals surface area contributed by atoms with Gasteiger partial charge in [-0.15, -0.1) is 0 Å². The minimum atomic E-state index is -0.344. The summed E-state index contributed by atoms with van der Waals surface area (Å²) in [5, 5.41) is 2.95. The molecule has 1 aliphatic rings. The van der Waals surface area contributed by atoms with Crippen molar-refractivity contribution in [2.75, 3.05) is 43.0 Å². The topological polar surface area (TPSA) is 74.8 Å². The molecule has 3 aromatic rings. The number of pyridine rings is 1. The normalized spacial score (nSPS) is 14.3. The van der Waals surface area contributed by atoms with Crippen LogP contribution >= 0.6 is 0 Å². The van der Waals surface area contributed by atoms with Crippen LogP contribution in [0.15, 0.2) is 72.9 Å². The van der Waals surface area contributed by atoms with Gasteiger partial charge >= 0.3 is 5.97 Å². The molecule has 1 fully saturated rings. The highest BCUT2D eigenvalue weighted by atomic mass is 16.5. The molecule has 7 heteroatoms. The molecule has 2 aromatic carbocycles. The molecule has 0 spiro atoms. The summed E-state index contributed by atoms with van der Waals surface area (Å²) >= 11 is 0. The van der Waals surface area contributed by atoms with E-state index >= 15 is 0 Å². The van der Waals surface area contributed by atoms with Crippen LogP contribution in [-0.2, 0) is 11.3 Å². The number of ether oxygens (including phenoxy) is 1. The van der Waals surface area contributed by atoms with E-state index in [2.05, 4.69) is 26.2 Å². The quantitative estimate of drug-likeness (QED) is 0.535. The minimum absolute atomic E-state index is 0.104. The Balaban J connectivity index is 1.34. The Hall–Kier alpha value is -3.71. The third kappa shape index (κ3) is 6.20. The zero-order valence-electron chi connectivity index (χ0n) is 19.4. The van der Waals surface area contributed by atoms with Crippen molar-refractivity contribution >= 4 is 23.4 Å². The monoisotopic (exact) mass is 458 g/mol. The summed E-state index contributed by atoms with van der Waals surface area (Å²) in [7, 11) is 0. The average Bonchev–Trinajstić information content (AvgIpc) is 3.11. The fourth-order valence-corrected chi connectivity index (χ4v) is 4.06. The summed E-state index contributed by atoms with van der Waals surface area (Å²) in [6.45, 7) is 6.54. The lowest BCUT2D eigenvalue weighted by Crippen LogP contribution is -2.31. The molecule has 0 saturated carbocycles. The SMILES string of the molecule is CCOC(=O)c1ccc(N2CCCN(Cc3cccc(C(=O)Nc4ccccc4)c3)CC2)nc1. The van der Waals surface area contributed by atoms with Gasteiger partial charge in [0.05, 0.1) is 12.2 Å². The number of nitrogens with zero attached hydrogens (tertiary/aromatic N) is 3. The first-order valence-corrected chi connectivity index (χ1v) is 11.7. The van der Waals surface area contributed by atoms with Gasteiger partial charge in [0, 0.05) is 50.2 Å². The molecular formula is C27H30N4O3. The van der Waals surface area contributed by atoms with Gasteiger partial charge in [0.1, 0.15) is 5.82 Å². The molecule has 7 nitrogen and oxygen atoms in total. The largest absolute Gasteiger partial charge is 0.462 e. The molecule has 1 amide bonds.